The van der Waals surface area contributed by atoms with Crippen LogP contribution in [0.15, 0.2) is 24.3 Å². The monoisotopic (exact) mass is 201 g/mol. The smallest absolute Gasteiger partial charge is 0.123 e. The lowest BCUT2D eigenvalue weighted by Gasteiger charge is -2.09. The molecule has 1 fully saturated rings. The Hall–Kier alpha value is -0.600. The highest BCUT2D eigenvalue weighted by Gasteiger charge is 2.15. The molecular weight excluding hydrogens is 189 g/mol. The van der Waals surface area contributed by atoms with Gasteiger partial charge in [-0.15, -0.1) is 12.4 Å². The Morgan fingerprint density at radius 3 is 2.46 bits per heavy atom. The molecule has 0 unspecified atom stereocenters. The molecule has 13 heavy (non-hydrogen) atoms. The van der Waals surface area contributed by atoms with E-state index in [0.29, 0.717) is 6.04 Å². The molecule has 1 aromatic rings. The van der Waals surface area contributed by atoms with Crippen molar-refractivity contribution in [2.45, 2.75) is 18.9 Å². The van der Waals surface area contributed by atoms with Crippen molar-refractivity contribution in [3.8, 4) is 0 Å². The summed E-state index contributed by atoms with van der Waals surface area (Å²) in [6, 6.07) is 7.21. The third kappa shape index (κ3) is 2.42. The van der Waals surface area contributed by atoms with Gasteiger partial charge in [-0.1, -0.05) is 12.1 Å². The lowest BCUT2D eigenvalue weighted by molar-refractivity contribution is 0.617. The van der Waals surface area contributed by atoms with Gasteiger partial charge in [-0.05, 0) is 37.1 Å². The van der Waals surface area contributed by atoms with E-state index in [1.165, 1.54) is 30.5 Å². The van der Waals surface area contributed by atoms with Crippen molar-refractivity contribution in [3.63, 3.8) is 0 Å². The fourth-order valence-corrected chi connectivity index (χ4v) is 1.66. The molecule has 2 rings (SSSR count). The Bertz CT molecular complexity index is 254. The molecule has 1 saturated heterocycles. The van der Waals surface area contributed by atoms with E-state index in [1.54, 1.807) is 0 Å². The minimum absolute atomic E-state index is 0. The third-order valence-corrected chi connectivity index (χ3v) is 2.33. The third-order valence-electron chi connectivity index (χ3n) is 2.33. The quantitative estimate of drug-likeness (QED) is 0.737. The maximum Gasteiger partial charge on any atom is 0.123 e. The zero-order valence-electron chi connectivity index (χ0n) is 7.29. The van der Waals surface area contributed by atoms with Gasteiger partial charge in [0.25, 0.3) is 0 Å². The summed E-state index contributed by atoms with van der Waals surface area (Å²) >= 11 is 0. The van der Waals surface area contributed by atoms with Crippen molar-refractivity contribution >= 4 is 12.4 Å². The molecule has 1 heterocycles. The van der Waals surface area contributed by atoms with Crippen LogP contribution in [0.3, 0.4) is 0 Å². The SMILES string of the molecule is Cl.Fc1ccc([C@H]2CCCN2)cc1. The van der Waals surface area contributed by atoms with Crippen LogP contribution in [0, 0.1) is 5.82 Å². The predicted molar refractivity (Wildman–Crippen MR) is 53.6 cm³/mol. The first-order valence-corrected chi connectivity index (χ1v) is 4.35. The maximum absolute atomic E-state index is 12.6. The molecule has 1 aliphatic rings. The lowest BCUT2D eigenvalue weighted by atomic mass is 10.1. The van der Waals surface area contributed by atoms with E-state index < -0.39 is 0 Å². The molecule has 1 nitrogen and oxygen atoms in total. The van der Waals surface area contributed by atoms with Gasteiger partial charge in [-0.25, -0.2) is 4.39 Å². The number of hydrogen-bond acceptors (Lipinski definition) is 1. The number of halogens is 2. The Kier molecular flexibility index (Phi) is 3.70. The molecule has 0 radical (unpaired) electrons. The first-order valence-electron chi connectivity index (χ1n) is 4.35. The Morgan fingerprint density at radius 1 is 1.23 bits per heavy atom. The van der Waals surface area contributed by atoms with Crippen LogP contribution in [-0.2, 0) is 0 Å². The van der Waals surface area contributed by atoms with Crippen molar-refractivity contribution in [3.05, 3.63) is 35.6 Å². The zero-order chi connectivity index (χ0) is 8.39. The molecule has 1 atom stereocenters. The van der Waals surface area contributed by atoms with Gasteiger partial charge in [0.1, 0.15) is 5.82 Å². The second-order valence-corrected chi connectivity index (χ2v) is 3.20. The Balaban J connectivity index is 0.000000845. The van der Waals surface area contributed by atoms with Gasteiger partial charge < -0.3 is 5.32 Å². The van der Waals surface area contributed by atoms with Gasteiger partial charge in [-0.3, -0.25) is 0 Å². The standard InChI is InChI=1S/C10H12FN.ClH/c11-9-5-3-8(4-6-9)10-2-1-7-12-10;/h3-6,10,12H,1-2,7H2;1H/t10-;/m1./s1. The first kappa shape index (κ1) is 10.5. The minimum Gasteiger partial charge on any atom is -0.310 e. The largest absolute Gasteiger partial charge is 0.310 e. The molecule has 1 aromatic carbocycles. The van der Waals surface area contributed by atoms with E-state index in [1.807, 2.05) is 12.1 Å². The molecule has 3 heteroatoms. The van der Waals surface area contributed by atoms with Crippen LogP contribution in [0.2, 0.25) is 0 Å². The van der Waals surface area contributed by atoms with Crippen molar-refractivity contribution in [2.24, 2.45) is 0 Å². The summed E-state index contributed by atoms with van der Waals surface area (Å²) < 4.78 is 12.6. The van der Waals surface area contributed by atoms with Gasteiger partial charge in [0.15, 0.2) is 0 Å². The van der Waals surface area contributed by atoms with Crippen molar-refractivity contribution < 1.29 is 4.39 Å². The molecule has 0 spiro atoms. The van der Waals surface area contributed by atoms with Crippen LogP contribution in [0.5, 0.6) is 0 Å². The van der Waals surface area contributed by atoms with E-state index in [0.717, 1.165) is 6.54 Å². The highest BCUT2D eigenvalue weighted by atomic mass is 35.5. The predicted octanol–water partition coefficient (Wildman–Crippen LogP) is 2.67. The summed E-state index contributed by atoms with van der Waals surface area (Å²) in [7, 11) is 0. The van der Waals surface area contributed by atoms with Gasteiger partial charge in [-0.2, -0.15) is 0 Å². The van der Waals surface area contributed by atoms with Crippen LogP contribution < -0.4 is 5.32 Å². The van der Waals surface area contributed by atoms with Crippen LogP contribution in [0.1, 0.15) is 24.4 Å². The minimum atomic E-state index is -0.156. The molecule has 1 aliphatic heterocycles. The van der Waals surface area contributed by atoms with Gasteiger partial charge in [0.2, 0.25) is 0 Å². The molecular formula is C10H13ClFN. The number of nitrogens with one attached hydrogen (secondary N) is 1. The van der Waals surface area contributed by atoms with E-state index >= 15 is 0 Å². The average Bonchev–Trinajstić information content (AvgIpc) is 2.58. The van der Waals surface area contributed by atoms with Crippen molar-refractivity contribution in [2.75, 3.05) is 6.54 Å². The summed E-state index contributed by atoms with van der Waals surface area (Å²) in [5, 5.41) is 3.37. The fraction of sp³-hybridized carbons (Fsp3) is 0.400. The molecule has 0 saturated carbocycles. The number of rotatable bonds is 1. The summed E-state index contributed by atoms with van der Waals surface area (Å²) in [5.41, 5.74) is 1.20. The van der Waals surface area contributed by atoms with Crippen LogP contribution in [0.25, 0.3) is 0 Å². The second-order valence-electron chi connectivity index (χ2n) is 3.20. The highest BCUT2D eigenvalue weighted by molar-refractivity contribution is 5.85. The lowest BCUT2D eigenvalue weighted by Crippen LogP contribution is -2.12. The van der Waals surface area contributed by atoms with Crippen molar-refractivity contribution in [1.82, 2.24) is 5.32 Å². The van der Waals surface area contributed by atoms with E-state index in [-0.39, 0.29) is 18.2 Å². The van der Waals surface area contributed by atoms with Crippen LogP contribution >= 0.6 is 12.4 Å². The summed E-state index contributed by atoms with van der Waals surface area (Å²) in [6.45, 7) is 1.09. The topological polar surface area (TPSA) is 12.0 Å². The molecule has 0 bridgehead atoms. The van der Waals surface area contributed by atoms with Gasteiger partial charge in [0, 0.05) is 6.04 Å². The zero-order valence-corrected chi connectivity index (χ0v) is 8.11. The average molecular weight is 202 g/mol. The molecule has 0 aromatic heterocycles. The van der Waals surface area contributed by atoms with Gasteiger partial charge >= 0.3 is 0 Å². The van der Waals surface area contributed by atoms with E-state index in [2.05, 4.69) is 5.32 Å². The van der Waals surface area contributed by atoms with Crippen LogP contribution in [-0.4, -0.2) is 6.54 Å². The normalized spacial score (nSPS) is 21.2. The second kappa shape index (κ2) is 4.58. The Labute approximate surface area is 83.8 Å². The maximum atomic E-state index is 12.6. The number of benzene rings is 1. The first-order chi connectivity index (χ1) is 5.86. The summed E-state index contributed by atoms with van der Waals surface area (Å²) in [5.74, 6) is -0.156. The Morgan fingerprint density at radius 2 is 1.92 bits per heavy atom. The highest BCUT2D eigenvalue weighted by Crippen LogP contribution is 2.22. The van der Waals surface area contributed by atoms with Crippen LogP contribution in [0.4, 0.5) is 4.39 Å². The van der Waals surface area contributed by atoms with E-state index in [4.69, 9.17) is 0 Å². The van der Waals surface area contributed by atoms with Crippen molar-refractivity contribution in [1.29, 1.82) is 0 Å². The van der Waals surface area contributed by atoms with Gasteiger partial charge in [0.05, 0.1) is 0 Å². The van der Waals surface area contributed by atoms with E-state index in [9.17, 15) is 4.39 Å². The number of hydrogen-bond donors (Lipinski definition) is 1. The molecule has 0 aliphatic carbocycles. The molecule has 0 amide bonds. The molecule has 72 valence electrons. The summed E-state index contributed by atoms with van der Waals surface area (Å²) in [6.07, 6.45) is 2.40. The summed E-state index contributed by atoms with van der Waals surface area (Å²) in [4.78, 5) is 0. The fourth-order valence-electron chi connectivity index (χ4n) is 1.66. The molecule has 1 N–H and O–H groups in total.